The van der Waals surface area contributed by atoms with Crippen LogP contribution in [0.25, 0.3) is 0 Å². The maximum atomic E-state index is 12.0. The molecule has 0 amide bonds. The number of aryl methyl sites for hydroxylation is 1. The van der Waals surface area contributed by atoms with Gasteiger partial charge in [0.25, 0.3) is 0 Å². The molecule has 90 valence electrons. The molecule has 17 heavy (non-hydrogen) atoms. The smallest absolute Gasteiger partial charge is 0.303 e. The van der Waals surface area contributed by atoms with Gasteiger partial charge in [0.05, 0.1) is 5.56 Å². The van der Waals surface area contributed by atoms with E-state index in [4.69, 9.17) is 9.52 Å². The first-order valence-electron chi connectivity index (χ1n) is 6.03. The van der Waals surface area contributed by atoms with Gasteiger partial charge in [-0.2, -0.15) is 0 Å². The van der Waals surface area contributed by atoms with Gasteiger partial charge in [-0.15, -0.1) is 0 Å². The molecule has 1 aromatic heterocycles. The Morgan fingerprint density at radius 1 is 1.29 bits per heavy atom. The van der Waals surface area contributed by atoms with E-state index >= 15 is 0 Å². The number of hydrogen-bond acceptors (Lipinski definition) is 3. The van der Waals surface area contributed by atoms with Crippen LogP contribution in [-0.4, -0.2) is 16.9 Å². The first-order chi connectivity index (χ1) is 8.15. The molecule has 1 heterocycles. The minimum Gasteiger partial charge on any atom is -0.481 e. The molecule has 0 aliphatic heterocycles. The van der Waals surface area contributed by atoms with E-state index < -0.39 is 5.97 Å². The minimum absolute atomic E-state index is 0.0521. The number of Topliss-reactive ketones (excluding diaryl/α,β-unsaturated/α-hetero) is 1. The number of hydrogen-bond donors (Lipinski definition) is 1. The Morgan fingerprint density at radius 3 is 2.88 bits per heavy atom. The van der Waals surface area contributed by atoms with Crippen molar-refractivity contribution in [3.63, 3.8) is 0 Å². The van der Waals surface area contributed by atoms with Crippen molar-refractivity contribution in [1.29, 1.82) is 0 Å². The van der Waals surface area contributed by atoms with Gasteiger partial charge in [-0.1, -0.05) is 0 Å². The molecule has 1 unspecified atom stereocenters. The second kappa shape index (κ2) is 3.72. The van der Waals surface area contributed by atoms with Crippen LogP contribution in [0.4, 0.5) is 0 Å². The highest BCUT2D eigenvalue weighted by atomic mass is 16.4. The number of ketones is 1. The van der Waals surface area contributed by atoms with Gasteiger partial charge in [0.15, 0.2) is 5.78 Å². The SMILES string of the molecule is O=C(O)CC1CC(=O)c2c(oc3c2CCC3)C1. The average Bonchev–Trinajstić information content (AvgIpc) is 2.74. The normalized spacial score (nSPS) is 22.4. The fourth-order valence-electron chi connectivity index (χ4n) is 3.02. The van der Waals surface area contributed by atoms with E-state index in [1.54, 1.807) is 0 Å². The van der Waals surface area contributed by atoms with Crippen molar-refractivity contribution in [2.45, 2.75) is 38.5 Å². The fourth-order valence-corrected chi connectivity index (χ4v) is 3.02. The zero-order valence-corrected chi connectivity index (χ0v) is 9.49. The topological polar surface area (TPSA) is 67.5 Å². The molecular weight excluding hydrogens is 220 g/mol. The van der Waals surface area contributed by atoms with Crippen LogP contribution < -0.4 is 0 Å². The molecule has 2 aliphatic carbocycles. The highest BCUT2D eigenvalue weighted by Gasteiger charge is 2.34. The summed E-state index contributed by atoms with van der Waals surface area (Å²) in [6.07, 6.45) is 3.91. The molecule has 0 saturated heterocycles. The van der Waals surface area contributed by atoms with Crippen molar-refractivity contribution >= 4 is 11.8 Å². The summed E-state index contributed by atoms with van der Waals surface area (Å²) in [6.45, 7) is 0. The van der Waals surface area contributed by atoms with E-state index in [0.29, 0.717) is 12.8 Å². The highest BCUT2D eigenvalue weighted by Crippen LogP contribution is 2.37. The summed E-state index contributed by atoms with van der Waals surface area (Å²) in [5.41, 5.74) is 1.87. The van der Waals surface area contributed by atoms with Crippen LogP contribution in [0.1, 0.15) is 46.7 Å². The molecule has 0 bridgehead atoms. The highest BCUT2D eigenvalue weighted by molar-refractivity contribution is 6.00. The summed E-state index contributed by atoms with van der Waals surface area (Å²) in [5.74, 6) is 0.824. The van der Waals surface area contributed by atoms with Crippen molar-refractivity contribution in [3.05, 3.63) is 22.6 Å². The lowest BCUT2D eigenvalue weighted by Crippen LogP contribution is -2.22. The standard InChI is InChI=1S/C13H14O4/c14-9-4-7(6-12(15)16)5-11-13(9)8-2-1-3-10(8)17-11/h7H,1-6H2,(H,15,16). The number of aliphatic carboxylic acids is 1. The van der Waals surface area contributed by atoms with Crippen LogP contribution in [0, 0.1) is 5.92 Å². The summed E-state index contributed by atoms with van der Waals surface area (Å²) < 4.78 is 5.72. The lowest BCUT2D eigenvalue weighted by Gasteiger charge is -2.19. The number of carbonyl (C=O) groups excluding carboxylic acids is 1. The van der Waals surface area contributed by atoms with Crippen molar-refractivity contribution in [1.82, 2.24) is 0 Å². The molecule has 4 nitrogen and oxygen atoms in total. The quantitative estimate of drug-likeness (QED) is 0.849. The molecule has 0 fully saturated rings. The van der Waals surface area contributed by atoms with Crippen LogP contribution in [0.3, 0.4) is 0 Å². The Labute approximate surface area is 98.6 Å². The van der Waals surface area contributed by atoms with Crippen LogP contribution in [0.5, 0.6) is 0 Å². The second-order valence-corrected chi connectivity index (χ2v) is 4.95. The van der Waals surface area contributed by atoms with E-state index in [0.717, 1.165) is 41.9 Å². The zero-order valence-electron chi connectivity index (χ0n) is 9.49. The first-order valence-corrected chi connectivity index (χ1v) is 6.03. The Hall–Kier alpha value is -1.58. The molecule has 0 spiro atoms. The van der Waals surface area contributed by atoms with E-state index in [9.17, 15) is 9.59 Å². The second-order valence-electron chi connectivity index (χ2n) is 4.95. The predicted molar refractivity (Wildman–Crippen MR) is 59.1 cm³/mol. The Morgan fingerprint density at radius 2 is 2.12 bits per heavy atom. The van der Waals surface area contributed by atoms with Crippen molar-refractivity contribution in [2.75, 3.05) is 0 Å². The van der Waals surface area contributed by atoms with Gasteiger partial charge in [0.1, 0.15) is 11.5 Å². The molecular formula is C13H14O4. The maximum absolute atomic E-state index is 12.0. The number of carboxylic acid groups (broad SMARTS) is 1. The van der Waals surface area contributed by atoms with E-state index in [-0.39, 0.29) is 18.1 Å². The van der Waals surface area contributed by atoms with Gasteiger partial charge in [-0.3, -0.25) is 9.59 Å². The summed E-state index contributed by atoms with van der Waals surface area (Å²) in [7, 11) is 0. The monoisotopic (exact) mass is 234 g/mol. The first kappa shape index (κ1) is 10.6. The average molecular weight is 234 g/mol. The third-order valence-corrected chi connectivity index (χ3v) is 3.68. The molecule has 4 heteroatoms. The van der Waals surface area contributed by atoms with Gasteiger partial charge in [0, 0.05) is 31.2 Å². The molecule has 1 N–H and O–H groups in total. The maximum Gasteiger partial charge on any atom is 0.303 e. The lowest BCUT2D eigenvalue weighted by atomic mass is 9.84. The van der Waals surface area contributed by atoms with Crippen LogP contribution in [0.15, 0.2) is 4.42 Å². The molecule has 0 radical (unpaired) electrons. The Kier molecular flexibility index (Phi) is 2.31. The van der Waals surface area contributed by atoms with Gasteiger partial charge >= 0.3 is 5.97 Å². The minimum atomic E-state index is -0.842. The van der Waals surface area contributed by atoms with Crippen molar-refractivity contribution in [3.8, 4) is 0 Å². The largest absolute Gasteiger partial charge is 0.481 e. The summed E-state index contributed by atoms with van der Waals surface area (Å²) in [6, 6.07) is 0. The molecule has 2 aliphatic rings. The zero-order chi connectivity index (χ0) is 12.0. The summed E-state index contributed by atoms with van der Waals surface area (Å²) >= 11 is 0. The van der Waals surface area contributed by atoms with Gasteiger partial charge in [0.2, 0.25) is 0 Å². The summed E-state index contributed by atoms with van der Waals surface area (Å²) in [5, 5.41) is 8.78. The van der Waals surface area contributed by atoms with Crippen molar-refractivity contribution in [2.24, 2.45) is 5.92 Å². The number of carbonyl (C=O) groups is 2. The number of fused-ring (bicyclic) bond motifs is 3. The molecule has 0 saturated carbocycles. The number of furan rings is 1. The van der Waals surface area contributed by atoms with Gasteiger partial charge < -0.3 is 9.52 Å². The molecule has 0 aromatic carbocycles. The van der Waals surface area contributed by atoms with Crippen LogP contribution >= 0.6 is 0 Å². The molecule has 3 rings (SSSR count). The van der Waals surface area contributed by atoms with Crippen LogP contribution in [-0.2, 0) is 24.1 Å². The third kappa shape index (κ3) is 1.68. The van der Waals surface area contributed by atoms with E-state index in [1.165, 1.54) is 0 Å². The van der Waals surface area contributed by atoms with E-state index in [1.807, 2.05) is 0 Å². The fraction of sp³-hybridized carbons (Fsp3) is 0.538. The number of carboxylic acids is 1. The molecule has 1 atom stereocenters. The number of rotatable bonds is 2. The van der Waals surface area contributed by atoms with Gasteiger partial charge in [-0.05, 0) is 18.8 Å². The predicted octanol–water partition coefficient (Wildman–Crippen LogP) is 1.99. The Bertz CT molecular complexity index is 498. The summed E-state index contributed by atoms with van der Waals surface area (Å²) in [4.78, 5) is 22.7. The van der Waals surface area contributed by atoms with Crippen molar-refractivity contribution < 1.29 is 19.1 Å². The Balaban J connectivity index is 1.92. The van der Waals surface area contributed by atoms with Crippen LogP contribution in [0.2, 0.25) is 0 Å². The van der Waals surface area contributed by atoms with Gasteiger partial charge in [-0.25, -0.2) is 0 Å². The molecule has 1 aromatic rings. The lowest BCUT2D eigenvalue weighted by molar-refractivity contribution is -0.138. The third-order valence-electron chi connectivity index (χ3n) is 3.68. The van der Waals surface area contributed by atoms with E-state index in [2.05, 4.69) is 0 Å².